The summed E-state index contributed by atoms with van der Waals surface area (Å²) in [5, 5.41) is 10.6. The summed E-state index contributed by atoms with van der Waals surface area (Å²) in [5.74, 6) is 0.681. The van der Waals surface area contributed by atoms with Gasteiger partial charge in [-0.15, -0.1) is 23.5 Å². The molecule has 2 atom stereocenters. The summed E-state index contributed by atoms with van der Waals surface area (Å²) in [6.45, 7) is 1.80. The van der Waals surface area contributed by atoms with Crippen LogP contribution in [0.5, 0.6) is 5.75 Å². The summed E-state index contributed by atoms with van der Waals surface area (Å²) in [4.78, 5) is 4.33. The van der Waals surface area contributed by atoms with Crippen molar-refractivity contribution in [1.82, 2.24) is 10.6 Å². The standard InChI is InChI=1S/C27H36N6O10S5/c1-17-15-22(23(43-2)16-21(17)33-32-20-10-9-18-7-3-4-8-19(18)24(20)48(40,41)42)28-25-29-26(44-11-5-13-46(34,35)36)31-27(30-25)45-12-6-14-47(37,38)39/h3-4,7-10,15-16,26-27,31-33H,5-6,11-14H2,1-2H3,(H2,28,29,30)(H,34,35,36)(H,37,38,39)(H,40,41,42). The van der Waals surface area contributed by atoms with E-state index in [4.69, 9.17) is 13.8 Å². The number of thioether (sulfide) groups is 2. The molecule has 0 radical (unpaired) electrons. The predicted molar refractivity (Wildman–Crippen MR) is 191 cm³/mol. The molecule has 0 saturated heterocycles. The molecule has 0 bridgehead atoms. The van der Waals surface area contributed by atoms with Crippen LogP contribution in [0.3, 0.4) is 0 Å². The van der Waals surface area contributed by atoms with Crippen molar-refractivity contribution < 1.29 is 43.6 Å². The van der Waals surface area contributed by atoms with Crippen molar-refractivity contribution in [2.45, 2.75) is 35.7 Å². The molecule has 0 spiro atoms. The predicted octanol–water partition coefficient (Wildman–Crippen LogP) is 3.39. The van der Waals surface area contributed by atoms with Crippen LogP contribution in [0.4, 0.5) is 17.1 Å². The maximum atomic E-state index is 12.3. The smallest absolute Gasteiger partial charge is 0.297 e. The minimum absolute atomic E-state index is 0.130. The quantitative estimate of drug-likeness (QED) is 0.0592. The average molecular weight is 765 g/mol. The second-order valence-corrected chi connectivity index (χ2v) is 17.3. The molecule has 16 nitrogen and oxygen atoms in total. The number of hydrogen-bond donors (Lipinski definition) is 8. The molecule has 0 saturated carbocycles. The number of benzene rings is 3. The molecule has 4 rings (SSSR count). The molecular weight excluding hydrogens is 729 g/mol. The van der Waals surface area contributed by atoms with Crippen LogP contribution in [0.2, 0.25) is 0 Å². The molecule has 21 heteroatoms. The Morgan fingerprint density at radius 2 is 1.50 bits per heavy atom. The third kappa shape index (κ3) is 11.3. The van der Waals surface area contributed by atoms with Gasteiger partial charge in [0, 0.05) is 11.5 Å². The Labute approximate surface area is 287 Å². The minimum atomic E-state index is -4.59. The molecule has 0 fully saturated rings. The second-order valence-electron chi connectivity index (χ2n) is 10.4. The van der Waals surface area contributed by atoms with Crippen molar-refractivity contribution in [2.24, 2.45) is 4.99 Å². The first-order valence-corrected chi connectivity index (χ1v) is 21.0. The number of aliphatic imine (C=N–C) groups is 1. The number of hydrogen-bond acceptors (Lipinski definition) is 15. The first-order valence-electron chi connectivity index (χ1n) is 14.2. The number of rotatable bonds is 16. The molecule has 0 aromatic heterocycles. The van der Waals surface area contributed by atoms with E-state index >= 15 is 0 Å². The molecule has 0 amide bonds. The van der Waals surface area contributed by atoms with E-state index in [9.17, 15) is 29.8 Å². The minimum Gasteiger partial charge on any atom is -0.494 e. The van der Waals surface area contributed by atoms with Gasteiger partial charge in [0.2, 0.25) is 0 Å². The zero-order valence-electron chi connectivity index (χ0n) is 25.7. The SMILES string of the molecule is COc1cc(NNc2ccc3ccccc3c2S(=O)(=O)O)c(C)cc1NC1=NC(SCCCS(=O)(=O)O)NC(SCCCS(=O)(=O)O)N1. The Hall–Kier alpha value is -3.02. The highest BCUT2D eigenvalue weighted by atomic mass is 32.2. The number of methoxy groups -OCH3 is 1. The van der Waals surface area contributed by atoms with Gasteiger partial charge in [-0.25, -0.2) is 4.99 Å². The molecule has 264 valence electrons. The largest absolute Gasteiger partial charge is 0.494 e. The molecule has 48 heavy (non-hydrogen) atoms. The van der Waals surface area contributed by atoms with E-state index in [1.807, 2.05) is 0 Å². The fourth-order valence-corrected chi connectivity index (χ4v) is 8.82. The number of guanidine groups is 1. The van der Waals surface area contributed by atoms with E-state index in [1.165, 1.54) is 36.7 Å². The third-order valence-corrected chi connectivity index (χ3v) is 11.5. The summed E-state index contributed by atoms with van der Waals surface area (Å²) in [5.41, 5.74) is 6.78. The highest BCUT2D eigenvalue weighted by Crippen LogP contribution is 2.34. The van der Waals surface area contributed by atoms with E-state index in [0.717, 1.165) is 0 Å². The maximum absolute atomic E-state index is 12.3. The van der Waals surface area contributed by atoms with Crippen molar-refractivity contribution in [3.05, 3.63) is 54.1 Å². The van der Waals surface area contributed by atoms with Gasteiger partial charge in [-0.1, -0.05) is 30.3 Å². The van der Waals surface area contributed by atoms with Crippen LogP contribution in [0, 0.1) is 6.92 Å². The van der Waals surface area contributed by atoms with Gasteiger partial charge in [0.15, 0.2) is 11.5 Å². The van der Waals surface area contributed by atoms with Crippen molar-refractivity contribution in [3.8, 4) is 5.75 Å². The number of anilines is 3. The van der Waals surface area contributed by atoms with Crippen molar-refractivity contribution in [2.75, 3.05) is 46.3 Å². The second kappa shape index (κ2) is 16.1. The highest BCUT2D eigenvalue weighted by Gasteiger charge is 2.25. The van der Waals surface area contributed by atoms with E-state index < -0.39 is 47.1 Å². The van der Waals surface area contributed by atoms with Crippen LogP contribution >= 0.6 is 23.5 Å². The molecule has 2 unspecified atom stereocenters. The van der Waals surface area contributed by atoms with E-state index in [1.54, 1.807) is 49.4 Å². The van der Waals surface area contributed by atoms with Crippen LogP contribution in [0.15, 0.2) is 58.4 Å². The average Bonchev–Trinajstić information content (AvgIpc) is 2.99. The van der Waals surface area contributed by atoms with Crippen LogP contribution in [-0.4, -0.2) is 86.0 Å². The fraction of sp³-hybridized carbons (Fsp3) is 0.370. The van der Waals surface area contributed by atoms with E-state index in [2.05, 4.69) is 31.8 Å². The van der Waals surface area contributed by atoms with Crippen molar-refractivity contribution in [3.63, 3.8) is 0 Å². The Bertz CT molecular complexity index is 1980. The molecule has 8 N–H and O–H groups in total. The molecule has 1 aliphatic rings. The molecule has 1 aliphatic heterocycles. The summed E-state index contributed by atoms with van der Waals surface area (Å²) in [6.07, 6.45) is 0.399. The number of hydrazine groups is 1. The van der Waals surface area contributed by atoms with E-state index in [-0.39, 0.29) is 29.2 Å². The van der Waals surface area contributed by atoms with Gasteiger partial charge in [-0.05, 0) is 54.4 Å². The fourth-order valence-electron chi connectivity index (χ4n) is 4.58. The zero-order chi connectivity index (χ0) is 35.1. The first kappa shape index (κ1) is 37.8. The number of ether oxygens (including phenoxy) is 1. The lowest BCUT2D eigenvalue weighted by atomic mass is 10.1. The van der Waals surface area contributed by atoms with Crippen LogP contribution in [-0.2, 0) is 30.4 Å². The van der Waals surface area contributed by atoms with Gasteiger partial charge in [0.05, 0.1) is 35.7 Å². The molecule has 0 aliphatic carbocycles. The zero-order valence-corrected chi connectivity index (χ0v) is 29.8. The number of nitrogens with one attached hydrogen (secondary N) is 5. The van der Waals surface area contributed by atoms with Crippen LogP contribution in [0.25, 0.3) is 10.8 Å². The highest BCUT2D eigenvalue weighted by molar-refractivity contribution is 8.00. The molecular formula is C27H36N6O10S5. The summed E-state index contributed by atoms with van der Waals surface area (Å²) < 4.78 is 103. The Kier molecular flexibility index (Phi) is 12.7. The molecule has 3 aromatic rings. The van der Waals surface area contributed by atoms with Gasteiger partial charge in [-0.3, -0.25) is 24.4 Å². The third-order valence-electron chi connectivity index (χ3n) is 6.73. The summed E-state index contributed by atoms with van der Waals surface area (Å²) in [6, 6.07) is 13.5. The summed E-state index contributed by atoms with van der Waals surface area (Å²) in [7, 11) is -11.3. The normalized spacial score (nSPS) is 17.0. The van der Waals surface area contributed by atoms with Crippen LogP contribution in [0.1, 0.15) is 18.4 Å². The monoisotopic (exact) mass is 764 g/mol. The molecule has 1 heterocycles. The lowest BCUT2D eigenvalue weighted by molar-refractivity contribution is 0.417. The Morgan fingerprint density at radius 1 is 0.854 bits per heavy atom. The maximum Gasteiger partial charge on any atom is 0.297 e. The number of nitrogens with zero attached hydrogens (tertiary/aromatic N) is 1. The van der Waals surface area contributed by atoms with Gasteiger partial charge in [0.1, 0.15) is 16.1 Å². The lowest BCUT2D eigenvalue weighted by Gasteiger charge is -2.31. The Balaban J connectivity index is 1.51. The number of fused-ring (bicyclic) bond motifs is 1. The van der Waals surface area contributed by atoms with E-state index in [0.29, 0.717) is 50.9 Å². The van der Waals surface area contributed by atoms with Crippen molar-refractivity contribution >= 4 is 87.7 Å². The van der Waals surface area contributed by atoms with Crippen LogP contribution < -0.4 is 31.5 Å². The molecule has 3 aromatic carbocycles. The number of aryl methyl sites for hydroxylation is 1. The first-order chi connectivity index (χ1) is 22.5. The topological polar surface area (TPSA) is 245 Å². The lowest BCUT2D eigenvalue weighted by Crippen LogP contribution is -2.53. The van der Waals surface area contributed by atoms with Crippen molar-refractivity contribution in [1.29, 1.82) is 0 Å². The van der Waals surface area contributed by atoms with Gasteiger partial charge in [0.25, 0.3) is 30.4 Å². The van der Waals surface area contributed by atoms with Gasteiger partial charge < -0.3 is 20.8 Å². The van der Waals surface area contributed by atoms with Gasteiger partial charge >= 0.3 is 0 Å². The van der Waals surface area contributed by atoms with Gasteiger partial charge in [-0.2, -0.15) is 25.3 Å². The summed E-state index contributed by atoms with van der Waals surface area (Å²) >= 11 is 2.65. The Morgan fingerprint density at radius 3 is 2.15 bits per heavy atom.